The zero-order chi connectivity index (χ0) is 42.1. The molecule has 1 aliphatic heterocycles. The molecule has 0 unspecified atom stereocenters. The van der Waals surface area contributed by atoms with E-state index in [1.54, 1.807) is 0 Å². The van der Waals surface area contributed by atoms with Gasteiger partial charge in [0.15, 0.2) is 0 Å². The van der Waals surface area contributed by atoms with Gasteiger partial charge in [-0.15, -0.1) is 0 Å². The highest BCUT2D eigenvalue weighted by molar-refractivity contribution is 6.75. The summed E-state index contributed by atoms with van der Waals surface area (Å²) in [6.45, 7) is 42.5. The third-order valence-corrected chi connectivity index (χ3v) is 28.7. The lowest BCUT2D eigenvalue weighted by atomic mass is 9.74. The predicted octanol–water partition coefficient (Wildman–Crippen LogP) is 14.9. The summed E-state index contributed by atoms with van der Waals surface area (Å²) in [5, 5.41) is 0.156. The van der Waals surface area contributed by atoms with Crippen molar-refractivity contribution >= 4 is 31.0 Å². The quantitative estimate of drug-likeness (QED) is 0.0961. The summed E-state index contributed by atoms with van der Waals surface area (Å²) in [5.74, 6) is 4.48. The second kappa shape index (κ2) is 17.3. The van der Waals surface area contributed by atoms with Crippen molar-refractivity contribution in [2.75, 3.05) is 0 Å². The van der Waals surface area contributed by atoms with Gasteiger partial charge in [0.1, 0.15) is 11.9 Å². The molecular weight excluding hydrogens is 737 g/mol. The molecule has 2 aliphatic rings. The molecule has 7 heteroatoms. The normalized spacial score (nSPS) is 22.0. The van der Waals surface area contributed by atoms with Gasteiger partial charge in [0.25, 0.3) is 25.0 Å². The first-order valence-electron chi connectivity index (χ1n) is 21.4. The largest absolute Gasteiger partial charge is 0.547 e. The number of hydrogen-bond acceptors (Lipinski definition) is 4. The van der Waals surface area contributed by atoms with Gasteiger partial charge in [0.05, 0.1) is 23.5 Å². The van der Waals surface area contributed by atoms with Crippen LogP contribution >= 0.6 is 0 Å². The molecule has 2 aromatic rings. The fraction of sp³-hybridized carbons (Fsp3) is 0.592. The van der Waals surface area contributed by atoms with E-state index >= 15 is 0 Å². The lowest BCUT2D eigenvalue weighted by molar-refractivity contribution is -0.0337. The van der Waals surface area contributed by atoms with Gasteiger partial charge in [-0.1, -0.05) is 150 Å². The van der Waals surface area contributed by atoms with Crippen molar-refractivity contribution in [1.82, 2.24) is 0 Å². The van der Waals surface area contributed by atoms with Crippen LogP contribution in [0.5, 0.6) is 0 Å². The molecule has 0 amide bonds. The average Bonchev–Trinajstić information content (AvgIpc) is 3.10. The molecule has 310 valence electrons. The zero-order valence-corrected chi connectivity index (χ0v) is 41.5. The minimum atomic E-state index is -2.31. The molecule has 0 fully saturated rings. The van der Waals surface area contributed by atoms with E-state index in [1.807, 2.05) is 0 Å². The van der Waals surface area contributed by atoms with Crippen LogP contribution in [-0.4, -0.2) is 37.2 Å². The number of fused-ring (bicyclic) bond motifs is 1. The second-order valence-electron chi connectivity index (χ2n) is 20.8. The van der Waals surface area contributed by atoms with E-state index in [1.165, 1.54) is 5.56 Å². The Morgan fingerprint density at radius 2 is 1.14 bits per heavy atom. The minimum Gasteiger partial charge on any atom is -0.547 e. The second-order valence-corrected chi connectivity index (χ2v) is 34.3. The Labute approximate surface area is 346 Å². The Kier molecular flexibility index (Phi) is 14.3. The van der Waals surface area contributed by atoms with Crippen LogP contribution in [-0.2, 0) is 18.0 Å². The molecular formula is C49H78O4Si3. The molecule has 0 saturated carbocycles. The van der Waals surface area contributed by atoms with E-state index in [2.05, 4.69) is 213 Å². The molecule has 0 radical (unpaired) electrons. The summed E-state index contributed by atoms with van der Waals surface area (Å²) in [6.07, 6.45) is 11.4. The molecule has 1 aliphatic carbocycles. The number of ether oxygens (including phenoxy) is 1. The summed E-state index contributed by atoms with van der Waals surface area (Å²) >= 11 is 0. The molecule has 0 spiro atoms. The van der Waals surface area contributed by atoms with Crippen molar-refractivity contribution in [1.29, 1.82) is 0 Å². The van der Waals surface area contributed by atoms with Gasteiger partial charge in [-0.05, 0) is 108 Å². The highest BCUT2D eigenvalue weighted by Crippen LogP contribution is 2.53. The molecule has 0 saturated heterocycles. The minimum absolute atomic E-state index is 0.0157. The monoisotopic (exact) mass is 815 g/mol. The van der Waals surface area contributed by atoms with Gasteiger partial charge in [0.2, 0.25) is 0 Å². The maximum absolute atomic E-state index is 7.55. The van der Waals surface area contributed by atoms with E-state index in [9.17, 15) is 0 Å². The number of allylic oxidation sites excluding steroid dienone is 2. The summed E-state index contributed by atoms with van der Waals surface area (Å²) in [5.41, 5.74) is 2.40. The van der Waals surface area contributed by atoms with Crippen molar-refractivity contribution in [3.63, 3.8) is 0 Å². The van der Waals surface area contributed by atoms with Crippen LogP contribution in [0.15, 0.2) is 102 Å². The van der Waals surface area contributed by atoms with E-state index in [4.69, 9.17) is 18.0 Å². The van der Waals surface area contributed by atoms with Crippen LogP contribution in [0, 0.1) is 23.7 Å². The van der Waals surface area contributed by atoms with E-state index < -0.39 is 25.0 Å². The molecule has 0 bridgehead atoms. The number of rotatable bonds is 16. The molecule has 0 N–H and O–H groups in total. The molecule has 4 nitrogen and oxygen atoms in total. The van der Waals surface area contributed by atoms with Crippen LogP contribution in [0.1, 0.15) is 107 Å². The molecule has 4 rings (SSSR count). The predicted molar refractivity (Wildman–Crippen MR) is 248 cm³/mol. The Balaban J connectivity index is 1.92. The van der Waals surface area contributed by atoms with Crippen molar-refractivity contribution < 1.29 is 18.0 Å². The Hall–Kier alpha value is -2.59. The Morgan fingerprint density at radius 1 is 0.661 bits per heavy atom. The lowest BCUT2D eigenvalue weighted by Gasteiger charge is -2.49. The summed E-state index contributed by atoms with van der Waals surface area (Å²) in [7, 11) is -6.79. The van der Waals surface area contributed by atoms with Crippen molar-refractivity contribution in [3.8, 4) is 0 Å². The Morgan fingerprint density at radius 3 is 1.66 bits per heavy atom. The highest BCUT2D eigenvalue weighted by atomic mass is 28.4. The maximum atomic E-state index is 7.55. The standard InChI is InChI=1S/C49H78O4Si3/c1-35(2)47(7,8)54(13,14)51-40(30-29-38-25-21-19-22-26-38)31-41-33-45(53-56(17,18)49(11,12)37(5)6)46-43(39-27-23-20-24-28-39)32-42(34-44(46)50-41)52-55(15,16)48(9,10)36(3)4/h19-33,35-37,41,43-44,46H,34H2,1-18H3/b30-29+,40-31+/t41-,43-,44-,46+/m0/s1. The van der Waals surface area contributed by atoms with E-state index in [0.29, 0.717) is 24.2 Å². The molecule has 4 atom stereocenters. The fourth-order valence-corrected chi connectivity index (χ4v) is 14.9. The number of benzene rings is 2. The van der Waals surface area contributed by atoms with Gasteiger partial charge in [-0.25, -0.2) is 0 Å². The van der Waals surface area contributed by atoms with Gasteiger partial charge in [-0.2, -0.15) is 0 Å². The van der Waals surface area contributed by atoms with Crippen molar-refractivity contribution in [3.05, 3.63) is 113 Å². The smallest absolute Gasteiger partial charge is 0.250 e. The number of hydrogen-bond donors (Lipinski definition) is 0. The third kappa shape index (κ3) is 9.98. The molecule has 56 heavy (non-hydrogen) atoms. The van der Waals surface area contributed by atoms with Crippen LogP contribution in [0.25, 0.3) is 6.08 Å². The van der Waals surface area contributed by atoms with Crippen molar-refractivity contribution in [2.45, 2.75) is 162 Å². The van der Waals surface area contributed by atoms with Gasteiger partial charge in [0, 0.05) is 12.3 Å². The first-order valence-corrected chi connectivity index (χ1v) is 30.1. The third-order valence-electron chi connectivity index (χ3n) is 15.4. The van der Waals surface area contributed by atoms with Gasteiger partial charge < -0.3 is 18.0 Å². The summed E-state index contributed by atoms with van der Waals surface area (Å²) in [6, 6.07) is 21.4. The van der Waals surface area contributed by atoms with Gasteiger partial charge in [-0.3, -0.25) is 0 Å². The van der Waals surface area contributed by atoms with Crippen LogP contribution in [0.4, 0.5) is 0 Å². The van der Waals surface area contributed by atoms with E-state index in [0.717, 1.165) is 22.8 Å². The van der Waals surface area contributed by atoms with Crippen LogP contribution in [0.3, 0.4) is 0 Å². The van der Waals surface area contributed by atoms with Gasteiger partial charge >= 0.3 is 0 Å². The first kappa shape index (κ1) is 46.1. The SMILES string of the molecule is CC(C)C(C)(C)[Si](C)(C)OC1=C[C@@H](c2ccccc2)[C@H]2C(O[Si](C)(C)C(C)(C)C(C)C)=C[C@H](/C=C(\C=C\c3ccccc3)O[Si](C)(C)C(C)(C)C(C)C)O[C@H]2C1. The summed E-state index contributed by atoms with van der Waals surface area (Å²) in [4.78, 5) is 0. The molecule has 1 heterocycles. The average molecular weight is 815 g/mol. The van der Waals surface area contributed by atoms with Crippen LogP contribution < -0.4 is 0 Å². The topological polar surface area (TPSA) is 36.9 Å². The zero-order valence-electron chi connectivity index (χ0n) is 38.5. The lowest BCUT2D eigenvalue weighted by Crippen LogP contribution is -2.49. The Bertz CT molecular complexity index is 1730. The molecule has 2 aromatic carbocycles. The van der Waals surface area contributed by atoms with E-state index in [-0.39, 0.29) is 39.2 Å². The fourth-order valence-electron chi connectivity index (χ4n) is 7.60. The van der Waals surface area contributed by atoms with Crippen LogP contribution in [0.2, 0.25) is 54.4 Å². The van der Waals surface area contributed by atoms with Crippen molar-refractivity contribution in [2.24, 2.45) is 23.7 Å². The first-order chi connectivity index (χ1) is 25.7. The maximum Gasteiger partial charge on any atom is 0.250 e. The molecule has 0 aromatic heterocycles. The summed E-state index contributed by atoms with van der Waals surface area (Å²) < 4.78 is 29.4. The highest BCUT2D eigenvalue weighted by Gasteiger charge is 2.51.